The van der Waals surface area contributed by atoms with Gasteiger partial charge in [-0.25, -0.2) is 4.72 Å². The lowest BCUT2D eigenvalue weighted by atomic mass is 10.1. The Morgan fingerprint density at radius 3 is 2.29 bits per heavy atom. The molecule has 0 radical (unpaired) electrons. The van der Waals surface area contributed by atoms with E-state index in [-0.39, 0.29) is 12.3 Å². The molecular formula is C10H20N2O4S. The summed E-state index contributed by atoms with van der Waals surface area (Å²) in [6.45, 7) is 4.68. The Kier molecular flexibility index (Phi) is 4.91. The van der Waals surface area contributed by atoms with Crippen LogP contribution in [0.1, 0.15) is 33.1 Å². The molecule has 1 atom stereocenters. The zero-order chi connectivity index (χ0) is 13.1. The van der Waals surface area contributed by atoms with Crippen LogP contribution in [-0.4, -0.2) is 37.8 Å². The monoisotopic (exact) mass is 264 g/mol. The van der Waals surface area contributed by atoms with Crippen molar-refractivity contribution in [1.29, 1.82) is 0 Å². The molecule has 1 heterocycles. The summed E-state index contributed by atoms with van der Waals surface area (Å²) in [4.78, 5) is 10.9. The molecule has 0 amide bonds. The van der Waals surface area contributed by atoms with E-state index >= 15 is 0 Å². The minimum atomic E-state index is -3.56. The largest absolute Gasteiger partial charge is 0.544 e. The SMILES string of the molecule is CC(C)C[C@H]([NH2+]S(=O)(=O)N1CCCC1)C(=O)[O-]. The first-order chi connectivity index (χ1) is 7.83. The van der Waals surface area contributed by atoms with Gasteiger partial charge in [-0.05, 0) is 18.8 Å². The van der Waals surface area contributed by atoms with E-state index in [0.29, 0.717) is 13.1 Å². The molecule has 0 aliphatic carbocycles. The average molecular weight is 264 g/mol. The fraction of sp³-hybridized carbons (Fsp3) is 0.900. The van der Waals surface area contributed by atoms with Crippen LogP contribution in [-0.2, 0) is 15.0 Å². The van der Waals surface area contributed by atoms with Gasteiger partial charge in [0.25, 0.3) is 0 Å². The quantitative estimate of drug-likeness (QED) is 0.603. The van der Waals surface area contributed by atoms with Crippen molar-refractivity contribution in [3.63, 3.8) is 0 Å². The van der Waals surface area contributed by atoms with Gasteiger partial charge in [0.2, 0.25) is 0 Å². The van der Waals surface area contributed by atoms with Crippen molar-refractivity contribution >= 4 is 16.2 Å². The zero-order valence-electron chi connectivity index (χ0n) is 10.3. The van der Waals surface area contributed by atoms with Crippen LogP contribution >= 0.6 is 0 Å². The average Bonchev–Trinajstić information content (AvgIpc) is 2.68. The molecule has 0 spiro atoms. The van der Waals surface area contributed by atoms with Gasteiger partial charge in [0.15, 0.2) is 0 Å². The molecule has 2 N–H and O–H groups in total. The van der Waals surface area contributed by atoms with Gasteiger partial charge in [-0.2, -0.15) is 12.7 Å². The number of nitrogens with zero attached hydrogens (tertiary/aromatic N) is 1. The number of nitrogens with two attached hydrogens (primary N) is 1. The Labute approximate surface area is 102 Å². The first-order valence-corrected chi connectivity index (χ1v) is 7.39. The van der Waals surface area contributed by atoms with Crippen molar-refractivity contribution in [2.24, 2.45) is 5.92 Å². The van der Waals surface area contributed by atoms with Gasteiger partial charge in [0.05, 0.1) is 0 Å². The van der Waals surface area contributed by atoms with Crippen LogP contribution in [0.25, 0.3) is 0 Å². The maximum Gasteiger partial charge on any atom is 0.369 e. The lowest BCUT2D eigenvalue weighted by Crippen LogP contribution is -2.97. The molecule has 100 valence electrons. The third-order valence-electron chi connectivity index (χ3n) is 2.79. The molecule has 0 aromatic rings. The summed E-state index contributed by atoms with van der Waals surface area (Å²) >= 11 is 0. The summed E-state index contributed by atoms with van der Waals surface area (Å²) in [6.07, 6.45) is 1.97. The standard InChI is InChI=1S/C10H20N2O4S/c1-8(2)7-9(10(13)14)11-17(15,16)12-5-3-4-6-12/h8-9,11H,3-7H2,1-2H3,(H,13,14)/t9-/m0/s1. The molecule has 0 bridgehead atoms. The number of carboxylic acids is 1. The third-order valence-corrected chi connectivity index (χ3v) is 4.55. The van der Waals surface area contributed by atoms with E-state index in [2.05, 4.69) is 0 Å². The molecule has 0 aromatic carbocycles. The molecule has 1 aliphatic heterocycles. The predicted octanol–water partition coefficient (Wildman–Crippen LogP) is -1.94. The highest BCUT2D eigenvalue weighted by atomic mass is 32.2. The number of aliphatic carboxylic acids is 1. The number of carbonyl (C=O) groups is 1. The van der Waals surface area contributed by atoms with Gasteiger partial charge in [0, 0.05) is 19.5 Å². The lowest BCUT2D eigenvalue weighted by molar-refractivity contribution is -0.546. The van der Waals surface area contributed by atoms with Gasteiger partial charge >= 0.3 is 10.2 Å². The summed E-state index contributed by atoms with van der Waals surface area (Å²) in [5.41, 5.74) is 0. The Bertz CT molecular complexity index is 361. The van der Waals surface area contributed by atoms with E-state index in [0.717, 1.165) is 17.6 Å². The van der Waals surface area contributed by atoms with Crippen LogP contribution in [0.5, 0.6) is 0 Å². The maximum atomic E-state index is 11.9. The van der Waals surface area contributed by atoms with Crippen LogP contribution in [0, 0.1) is 5.92 Å². The first-order valence-electron chi connectivity index (χ1n) is 5.89. The van der Waals surface area contributed by atoms with E-state index in [4.69, 9.17) is 0 Å². The molecule has 1 aliphatic rings. The van der Waals surface area contributed by atoms with Crippen LogP contribution < -0.4 is 9.83 Å². The minimum absolute atomic E-state index is 0.114. The van der Waals surface area contributed by atoms with E-state index in [1.54, 1.807) is 0 Å². The number of hydrogen-bond donors (Lipinski definition) is 1. The van der Waals surface area contributed by atoms with Crippen molar-refractivity contribution < 1.29 is 23.0 Å². The highest BCUT2D eigenvalue weighted by Gasteiger charge is 2.32. The topological polar surface area (TPSA) is 94.1 Å². The van der Waals surface area contributed by atoms with Gasteiger partial charge in [0.1, 0.15) is 12.0 Å². The zero-order valence-corrected chi connectivity index (χ0v) is 11.1. The second kappa shape index (κ2) is 5.79. The van der Waals surface area contributed by atoms with E-state index < -0.39 is 22.2 Å². The van der Waals surface area contributed by atoms with Crippen molar-refractivity contribution in [2.45, 2.75) is 39.2 Å². The fourth-order valence-corrected chi connectivity index (χ4v) is 3.53. The molecule has 0 saturated carbocycles. The first kappa shape index (κ1) is 14.4. The summed E-state index contributed by atoms with van der Waals surface area (Å²) in [5, 5.41) is 10.9. The molecule has 6 nitrogen and oxygen atoms in total. The van der Waals surface area contributed by atoms with Gasteiger partial charge in [-0.15, -0.1) is 0 Å². The minimum Gasteiger partial charge on any atom is -0.544 e. The van der Waals surface area contributed by atoms with E-state index in [1.807, 2.05) is 13.8 Å². The van der Waals surface area contributed by atoms with Gasteiger partial charge in [-0.1, -0.05) is 13.8 Å². The lowest BCUT2D eigenvalue weighted by Gasteiger charge is -2.21. The number of hydrogen-bond acceptors (Lipinski definition) is 4. The summed E-state index contributed by atoms with van der Waals surface area (Å²) in [6, 6.07) is -1.03. The van der Waals surface area contributed by atoms with Crippen LogP contribution in [0.3, 0.4) is 0 Å². The molecule has 0 aromatic heterocycles. The molecule has 1 rings (SSSR count). The van der Waals surface area contributed by atoms with Crippen LogP contribution in [0.15, 0.2) is 0 Å². The molecule has 0 unspecified atom stereocenters. The van der Waals surface area contributed by atoms with Crippen molar-refractivity contribution in [1.82, 2.24) is 4.31 Å². The molecule has 1 fully saturated rings. The normalized spacial score (nSPS) is 19.7. The van der Waals surface area contributed by atoms with Crippen molar-refractivity contribution in [3.05, 3.63) is 0 Å². The number of rotatable bonds is 6. The second-order valence-electron chi connectivity index (χ2n) is 4.84. The Balaban J connectivity index is 2.68. The maximum absolute atomic E-state index is 11.9. The summed E-state index contributed by atoms with van der Waals surface area (Å²) < 4.78 is 26.1. The Morgan fingerprint density at radius 1 is 1.35 bits per heavy atom. The number of quaternary nitrogens is 1. The fourth-order valence-electron chi connectivity index (χ4n) is 1.95. The molecule has 1 saturated heterocycles. The third kappa shape index (κ3) is 4.25. The van der Waals surface area contributed by atoms with Gasteiger partial charge < -0.3 is 9.90 Å². The smallest absolute Gasteiger partial charge is 0.369 e. The summed E-state index contributed by atoms with van der Waals surface area (Å²) in [5.74, 6) is -1.20. The van der Waals surface area contributed by atoms with Crippen LogP contribution in [0.4, 0.5) is 0 Å². The number of carbonyl (C=O) groups excluding carboxylic acids is 1. The molecular weight excluding hydrogens is 244 g/mol. The summed E-state index contributed by atoms with van der Waals surface area (Å²) in [7, 11) is -3.56. The highest BCUT2D eigenvalue weighted by Crippen LogP contribution is 2.09. The van der Waals surface area contributed by atoms with Gasteiger partial charge in [-0.3, -0.25) is 0 Å². The van der Waals surface area contributed by atoms with E-state index in [9.17, 15) is 18.3 Å². The number of carboxylic acid groups (broad SMARTS) is 1. The van der Waals surface area contributed by atoms with Crippen molar-refractivity contribution in [3.8, 4) is 0 Å². The Hall–Kier alpha value is -0.660. The Morgan fingerprint density at radius 2 is 1.88 bits per heavy atom. The highest BCUT2D eigenvalue weighted by molar-refractivity contribution is 7.82. The predicted molar refractivity (Wildman–Crippen MR) is 59.9 cm³/mol. The van der Waals surface area contributed by atoms with Crippen molar-refractivity contribution in [2.75, 3.05) is 13.1 Å². The molecule has 17 heavy (non-hydrogen) atoms. The van der Waals surface area contributed by atoms with E-state index in [1.165, 1.54) is 4.31 Å². The second-order valence-corrected chi connectivity index (χ2v) is 6.66. The van der Waals surface area contributed by atoms with Crippen LogP contribution in [0.2, 0.25) is 0 Å². The molecule has 7 heteroatoms.